The molecular weight excluding hydrogens is 246 g/mol. The zero-order chi connectivity index (χ0) is 14.5. The first-order valence-electron chi connectivity index (χ1n) is 5.98. The molecule has 0 saturated carbocycles. The average Bonchev–Trinajstić information content (AvgIpc) is 2.75. The molecule has 1 aromatic rings. The molecule has 1 amide bonds. The van der Waals surface area contributed by atoms with Gasteiger partial charge in [-0.15, -0.1) is 0 Å². The third-order valence-electron chi connectivity index (χ3n) is 2.21. The van der Waals surface area contributed by atoms with Crippen molar-refractivity contribution in [1.29, 1.82) is 0 Å². The van der Waals surface area contributed by atoms with Crippen molar-refractivity contribution in [2.45, 2.75) is 39.3 Å². The largest absolute Gasteiger partial charge is 0.465 e. The summed E-state index contributed by atoms with van der Waals surface area (Å²) in [5, 5.41) is 2.50. The quantitative estimate of drug-likeness (QED) is 0.850. The van der Waals surface area contributed by atoms with Crippen molar-refractivity contribution < 1.29 is 18.7 Å². The van der Waals surface area contributed by atoms with Crippen LogP contribution in [0.3, 0.4) is 0 Å². The van der Waals surface area contributed by atoms with Crippen molar-refractivity contribution >= 4 is 18.5 Å². The summed E-state index contributed by atoms with van der Waals surface area (Å²) in [6.07, 6.45) is 3.25. The van der Waals surface area contributed by atoms with Crippen molar-refractivity contribution in [1.82, 2.24) is 5.32 Å². The van der Waals surface area contributed by atoms with E-state index in [1.807, 2.05) is 0 Å². The fourth-order valence-corrected chi connectivity index (χ4v) is 1.38. The topological polar surface area (TPSA) is 68.5 Å². The summed E-state index contributed by atoms with van der Waals surface area (Å²) in [5.74, 6) is 0.621. The smallest absolute Gasteiger partial charge is 0.408 e. The highest BCUT2D eigenvalue weighted by atomic mass is 16.6. The van der Waals surface area contributed by atoms with E-state index in [1.54, 1.807) is 45.9 Å². The fraction of sp³-hybridized carbons (Fsp3) is 0.429. The fourth-order valence-electron chi connectivity index (χ4n) is 1.38. The highest BCUT2D eigenvalue weighted by Crippen LogP contribution is 2.11. The molecule has 0 saturated heterocycles. The summed E-state index contributed by atoms with van der Waals surface area (Å²) < 4.78 is 10.2. The molecule has 5 heteroatoms. The standard InChI is InChI=1S/C14H19NO4/c1-10(8-11-6-5-7-18-11)12(9-16)15-13(17)19-14(2,3)4/h5-9,12H,1-4H3,(H,15,17)/b10-8+. The van der Waals surface area contributed by atoms with Gasteiger partial charge in [-0.2, -0.15) is 0 Å². The number of hydrogen-bond donors (Lipinski definition) is 1. The first kappa shape index (κ1) is 15.0. The number of ether oxygens (including phenoxy) is 1. The number of nitrogens with one attached hydrogen (secondary N) is 1. The van der Waals surface area contributed by atoms with Crippen LogP contribution in [0.5, 0.6) is 0 Å². The Labute approximate surface area is 112 Å². The summed E-state index contributed by atoms with van der Waals surface area (Å²) in [5.41, 5.74) is 0.0617. The van der Waals surface area contributed by atoms with Crippen LogP contribution in [-0.2, 0) is 9.53 Å². The Morgan fingerprint density at radius 2 is 2.16 bits per heavy atom. The molecule has 1 unspecified atom stereocenters. The maximum absolute atomic E-state index is 11.6. The van der Waals surface area contributed by atoms with Crippen molar-refractivity contribution in [3.8, 4) is 0 Å². The molecule has 19 heavy (non-hydrogen) atoms. The second-order valence-electron chi connectivity index (χ2n) is 5.16. The van der Waals surface area contributed by atoms with Gasteiger partial charge in [-0.25, -0.2) is 4.79 Å². The second kappa shape index (κ2) is 6.22. The molecule has 1 heterocycles. The molecule has 104 valence electrons. The molecule has 0 aliphatic rings. The van der Waals surface area contributed by atoms with Crippen LogP contribution >= 0.6 is 0 Å². The number of amides is 1. The molecule has 1 aromatic heterocycles. The van der Waals surface area contributed by atoms with E-state index in [-0.39, 0.29) is 0 Å². The predicted molar refractivity (Wildman–Crippen MR) is 71.6 cm³/mol. The van der Waals surface area contributed by atoms with Gasteiger partial charge in [-0.1, -0.05) is 0 Å². The van der Waals surface area contributed by atoms with Gasteiger partial charge in [0, 0.05) is 0 Å². The monoisotopic (exact) mass is 265 g/mol. The normalized spacial score (nSPS) is 13.8. The van der Waals surface area contributed by atoms with Crippen molar-refractivity contribution in [2.75, 3.05) is 0 Å². The van der Waals surface area contributed by atoms with Crippen LogP contribution in [-0.4, -0.2) is 24.0 Å². The highest BCUT2D eigenvalue weighted by Gasteiger charge is 2.20. The molecular formula is C14H19NO4. The zero-order valence-electron chi connectivity index (χ0n) is 11.6. The molecule has 0 bridgehead atoms. The summed E-state index contributed by atoms with van der Waals surface area (Å²) in [7, 11) is 0. The SMILES string of the molecule is C/C(=C\c1ccco1)C(C=O)NC(=O)OC(C)(C)C. The Bertz CT molecular complexity index is 454. The number of aldehydes is 1. The molecule has 1 N–H and O–H groups in total. The minimum atomic E-state index is -0.736. The van der Waals surface area contributed by atoms with Crippen LogP contribution in [0.1, 0.15) is 33.5 Å². The van der Waals surface area contributed by atoms with Crippen LogP contribution in [0, 0.1) is 0 Å². The van der Waals surface area contributed by atoms with E-state index in [2.05, 4.69) is 5.32 Å². The van der Waals surface area contributed by atoms with E-state index >= 15 is 0 Å². The highest BCUT2D eigenvalue weighted by molar-refractivity contribution is 5.77. The summed E-state index contributed by atoms with van der Waals surface area (Å²) in [6.45, 7) is 7.01. The minimum Gasteiger partial charge on any atom is -0.465 e. The number of furan rings is 1. The number of hydrogen-bond acceptors (Lipinski definition) is 4. The van der Waals surface area contributed by atoms with Gasteiger partial charge in [-0.05, 0) is 51.5 Å². The third kappa shape index (κ3) is 5.42. The van der Waals surface area contributed by atoms with Gasteiger partial charge >= 0.3 is 6.09 Å². The molecule has 0 radical (unpaired) electrons. The van der Waals surface area contributed by atoms with Gasteiger partial charge in [0.2, 0.25) is 0 Å². The first-order valence-corrected chi connectivity index (χ1v) is 5.98. The van der Waals surface area contributed by atoms with Gasteiger partial charge in [-0.3, -0.25) is 0 Å². The van der Waals surface area contributed by atoms with Crippen LogP contribution in [0.15, 0.2) is 28.4 Å². The number of carbonyl (C=O) groups is 2. The van der Waals surface area contributed by atoms with Crippen LogP contribution < -0.4 is 5.32 Å². The summed E-state index contributed by atoms with van der Waals surface area (Å²) in [4.78, 5) is 22.6. The van der Waals surface area contributed by atoms with Gasteiger partial charge in [0.1, 0.15) is 23.7 Å². The first-order chi connectivity index (χ1) is 8.81. The Morgan fingerprint density at radius 1 is 1.47 bits per heavy atom. The molecule has 0 spiro atoms. The maximum Gasteiger partial charge on any atom is 0.408 e. The maximum atomic E-state index is 11.6. The number of carbonyl (C=O) groups excluding carboxylic acids is 2. The van der Waals surface area contributed by atoms with Gasteiger partial charge in [0.25, 0.3) is 0 Å². The van der Waals surface area contributed by atoms with Crippen LogP contribution in [0.25, 0.3) is 6.08 Å². The lowest BCUT2D eigenvalue weighted by molar-refractivity contribution is -0.108. The van der Waals surface area contributed by atoms with Crippen LogP contribution in [0.4, 0.5) is 4.79 Å². The molecule has 5 nitrogen and oxygen atoms in total. The molecule has 0 aliphatic carbocycles. The Kier molecular flexibility index (Phi) is 4.92. The summed E-state index contributed by atoms with van der Waals surface area (Å²) >= 11 is 0. The average molecular weight is 265 g/mol. The molecule has 1 rings (SSSR count). The van der Waals surface area contributed by atoms with E-state index in [9.17, 15) is 9.59 Å². The Morgan fingerprint density at radius 3 is 2.63 bits per heavy atom. The lowest BCUT2D eigenvalue weighted by Gasteiger charge is -2.21. The Balaban J connectivity index is 2.68. The molecule has 0 fully saturated rings. The van der Waals surface area contributed by atoms with Gasteiger partial charge in [0.15, 0.2) is 0 Å². The van der Waals surface area contributed by atoms with E-state index in [1.165, 1.54) is 6.26 Å². The van der Waals surface area contributed by atoms with Crippen LogP contribution in [0.2, 0.25) is 0 Å². The molecule has 0 aromatic carbocycles. The number of alkyl carbamates (subject to hydrolysis) is 1. The van der Waals surface area contributed by atoms with E-state index in [4.69, 9.17) is 9.15 Å². The lowest BCUT2D eigenvalue weighted by Crippen LogP contribution is -2.40. The molecule has 1 atom stereocenters. The van der Waals surface area contributed by atoms with E-state index in [0.29, 0.717) is 17.6 Å². The minimum absolute atomic E-state index is 0.601. The Hall–Kier alpha value is -2.04. The zero-order valence-corrected chi connectivity index (χ0v) is 11.6. The third-order valence-corrected chi connectivity index (χ3v) is 2.21. The van der Waals surface area contributed by atoms with Crippen molar-refractivity contribution in [2.24, 2.45) is 0 Å². The predicted octanol–water partition coefficient (Wildman–Crippen LogP) is 2.78. The number of rotatable bonds is 4. The van der Waals surface area contributed by atoms with Gasteiger partial charge in [0.05, 0.1) is 6.26 Å². The van der Waals surface area contributed by atoms with Crippen molar-refractivity contribution in [3.05, 3.63) is 29.7 Å². The lowest BCUT2D eigenvalue weighted by atomic mass is 10.1. The van der Waals surface area contributed by atoms with Gasteiger partial charge < -0.3 is 19.3 Å². The van der Waals surface area contributed by atoms with E-state index in [0.717, 1.165) is 0 Å². The summed E-state index contributed by atoms with van der Waals surface area (Å²) in [6, 6.07) is 2.77. The van der Waals surface area contributed by atoms with E-state index < -0.39 is 17.7 Å². The second-order valence-corrected chi connectivity index (χ2v) is 5.16. The molecule has 0 aliphatic heterocycles. The van der Waals surface area contributed by atoms with Crippen molar-refractivity contribution in [3.63, 3.8) is 0 Å².